The summed E-state index contributed by atoms with van der Waals surface area (Å²) in [5, 5.41) is 7.30. The zero-order chi connectivity index (χ0) is 18.8. The standard InChI is InChI=1S/C20H26N6O/c1-15-21-9-13-25(15)12-8-16-6-3-4-11-26(16)20(27)18-14-17(22-23-18)19-7-5-10-24(19)2/h5,7,9-10,13-14,16H,3-4,6,8,11-12H2,1-2H3,(H,22,23). The van der Waals surface area contributed by atoms with Gasteiger partial charge < -0.3 is 14.0 Å². The summed E-state index contributed by atoms with van der Waals surface area (Å²) in [4.78, 5) is 19.4. The number of piperidine rings is 1. The first-order chi connectivity index (χ1) is 13.1. The number of likely N-dealkylation sites (tertiary alicyclic amines) is 1. The molecule has 1 saturated heterocycles. The minimum Gasteiger partial charge on any atom is -0.349 e. The van der Waals surface area contributed by atoms with Crippen molar-refractivity contribution in [3.63, 3.8) is 0 Å². The molecule has 0 aromatic carbocycles. The third-order valence-electron chi connectivity index (χ3n) is 5.53. The minimum absolute atomic E-state index is 0.0509. The number of aromatic nitrogens is 5. The van der Waals surface area contributed by atoms with Crippen LogP contribution in [0.4, 0.5) is 0 Å². The minimum atomic E-state index is 0.0509. The molecular weight excluding hydrogens is 340 g/mol. The monoisotopic (exact) mass is 366 g/mol. The van der Waals surface area contributed by atoms with E-state index in [1.807, 2.05) is 60.2 Å². The smallest absolute Gasteiger partial charge is 0.272 e. The van der Waals surface area contributed by atoms with Gasteiger partial charge in [0.15, 0.2) is 0 Å². The lowest BCUT2D eigenvalue weighted by molar-refractivity contribution is 0.0589. The van der Waals surface area contributed by atoms with Crippen LogP contribution in [0.5, 0.6) is 0 Å². The molecule has 3 aromatic rings. The molecule has 0 aliphatic carbocycles. The average Bonchev–Trinajstić information content (AvgIpc) is 3.41. The number of rotatable bonds is 5. The van der Waals surface area contributed by atoms with Crippen molar-refractivity contribution in [2.24, 2.45) is 7.05 Å². The van der Waals surface area contributed by atoms with Crippen LogP contribution in [0, 0.1) is 6.92 Å². The molecule has 1 atom stereocenters. The van der Waals surface area contributed by atoms with E-state index in [9.17, 15) is 4.79 Å². The lowest BCUT2D eigenvalue weighted by Crippen LogP contribution is -2.44. The Morgan fingerprint density at radius 3 is 2.96 bits per heavy atom. The van der Waals surface area contributed by atoms with Crippen LogP contribution in [0.2, 0.25) is 0 Å². The topological polar surface area (TPSA) is 71.7 Å². The van der Waals surface area contributed by atoms with Crippen LogP contribution in [0.3, 0.4) is 0 Å². The van der Waals surface area contributed by atoms with Gasteiger partial charge in [-0.3, -0.25) is 9.89 Å². The van der Waals surface area contributed by atoms with Crippen molar-refractivity contribution in [2.45, 2.75) is 45.2 Å². The van der Waals surface area contributed by atoms with Gasteiger partial charge in [0.2, 0.25) is 0 Å². The molecule has 1 aliphatic rings. The fraction of sp³-hybridized carbons (Fsp3) is 0.450. The second-order valence-electron chi connectivity index (χ2n) is 7.28. The van der Waals surface area contributed by atoms with Crippen LogP contribution in [0.15, 0.2) is 36.8 Å². The van der Waals surface area contributed by atoms with Crippen LogP contribution in [-0.2, 0) is 13.6 Å². The number of carbonyl (C=O) groups excluding carboxylic acids is 1. The summed E-state index contributed by atoms with van der Waals surface area (Å²) >= 11 is 0. The molecule has 1 fully saturated rings. The number of imidazole rings is 1. The zero-order valence-electron chi connectivity index (χ0n) is 15.9. The van der Waals surface area contributed by atoms with Crippen LogP contribution in [0.25, 0.3) is 11.4 Å². The molecule has 1 amide bonds. The molecular formula is C20H26N6O. The second kappa shape index (κ2) is 7.42. The lowest BCUT2D eigenvalue weighted by Gasteiger charge is -2.35. The number of nitrogens with zero attached hydrogens (tertiary/aromatic N) is 5. The van der Waals surface area contributed by atoms with Gasteiger partial charge in [-0.2, -0.15) is 5.10 Å². The fourth-order valence-electron chi connectivity index (χ4n) is 3.94. The van der Waals surface area contributed by atoms with Gasteiger partial charge in [0.25, 0.3) is 5.91 Å². The number of aromatic amines is 1. The van der Waals surface area contributed by atoms with Crippen LogP contribution < -0.4 is 0 Å². The van der Waals surface area contributed by atoms with Gasteiger partial charge in [0.1, 0.15) is 17.2 Å². The van der Waals surface area contributed by atoms with E-state index in [-0.39, 0.29) is 11.9 Å². The Morgan fingerprint density at radius 1 is 1.33 bits per heavy atom. The highest BCUT2D eigenvalue weighted by Crippen LogP contribution is 2.24. The molecule has 27 heavy (non-hydrogen) atoms. The third kappa shape index (κ3) is 3.54. The Kier molecular flexibility index (Phi) is 4.83. The van der Waals surface area contributed by atoms with Gasteiger partial charge in [-0.05, 0) is 50.8 Å². The highest BCUT2D eigenvalue weighted by atomic mass is 16.2. The summed E-state index contributed by atoms with van der Waals surface area (Å²) in [5.74, 6) is 1.07. The first-order valence-corrected chi connectivity index (χ1v) is 9.59. The van der Waals surface area contributed by atoms with Crippen molar-refractivity contribution >= 4 is 5.91 Å². The molecule has 4 rings (SSSR count). The van der Waals surface area contributed by atoms with E-state index in [1.165, 1.54) is 6.42 Å². The average molecular weight is 366 g/mol. The van der Waals surface area contributed by atoms with E-state index in [2.05, 4.69) is 19.7 Å². The van der Waals surface area contributed by atoms with Crippen molar-refractivity contribution in [2.75, 3.05) is 6.54 Å². The van der Waals surface area contributed by atoms with Crippen LogP contribution in [-0.4, -0.2) is 47.7 Å². The molecule has 0 saturated carbocycles. The number of H-pyrrole nitrogens is 1. The van der Waals surface area contributed by atoms with E-state index in [0.717, 1.165) is 49.6 Å². The zero-order valence-corrected chi connectivity index (χ0v) is 15.9. The van der Waals surface area contributed by atoms with E-state index in [1.54, 1.807) is 0 Å². The summed E-state index contributed by atoms with van der Waals surface area (Å²) in [6, 6.07) is 6.10. The summed E-state index contributed by atoms with van der Waals surface area (Å²) in [7, 11) is 1.98. The van der Waals surface area contributed by atoms with E-state index < -0.39 is 0 Å². The van der Waals surface area contributed by atoms with E-state index in [0.29, 0.717) is 5.69 Å². The Bertz CT molecular complexity index is 920. The molecule has 0 spiro atoms. The number of amides is 1. The molecule has 7 heteroatoms. The molecule has 0 bridgehead atoms. The van der Waals surface area contributed by atoms with Crippen LogP contribution >= 0.6 is 0 Å². The summed E-state index contributed by atoms with van der Waals surface area (Å²) in [5.41, 5.74) is 2.36. The number of hydrogen-bond donors (Lipinski definition) is 1. The normalized spacial score (nSPS) is 17.4. The second-order valence-corrected chi connectivity index (χ2v) is 7.28. The maximum absolute atomic E-state index is 13.1. The van der Waals surface area contributed by atoms with Gasteiger partial charge in [-0.15, -0.1) is 0 Å². The van der Waals surface area contributed by atoms with Crippen LogP contribution in [0.1, 0.15) is 42.0 Å². The quantitative estimate of drug-likeness (QED) is 0.754. The van der Waals surface area contributed by atoms with Gasteiger partial charge in [0, 0.05) is 44.8 Å². The summed E-state index contributed by atoms with van der Waals surface area (Å²) in [6.45, 7) is 3.71. The molecule has 1 aliphatic heterocycles. The molecule has 3 aromatic heterocycles. The third-order valence-corrected chi connectivity index (χ3v) is 5.53. The Balaban J connectivity index is 1.48. The predicted molar refractivity (Wildman–Crippen MR) is 103 cm³/mol. The number of nitrogens with one attached hydrogen (secondary N) is 1. The maximum atomic E-state index is 13.1. The van der Waals surface area contributed by atoms with E-state index >= 15 is 0 Å². The molecule has 7 nitrogen and oxygen atoms in total. The molecule has 1 N–H and O–H groups in total. The number of hydrogen-bond acceptors (Lipinski definition) is 3. The van der Waals surface area contributed by atoms with Crippen molar-refractivity contribution in [1.82, 2.24) is 29.2 Å². The Morgan fingerprint density at radius 2 is 2.22 bits per heavy atom. The maximum Gasteiger partial charge on any atom is 0.272 e. The summed E-state index contributed by atoms with van der Waals surface area (Å²) in [6.07, 6.45) is 10.0. The fourth-order valence-corrected chi connectivity index (χ4v) is 3.94. The highest BCUT2D eigenvalue weighted by Gasteiger charge is 2.28. The number of carbonyl (C=O) groups is 1. The summed E-state index contributed by atoms with van der Waals surface area (Å²) < 4.78 is 4.16. The molecule has 4 heterocycles. The van der Waals surface area contributed by atoms with Crippen molar-refractivity contribution < 1.29 is 4.79 Å². The van der Waals surface area contributed by atoms with Crippen molar-refractivity contribution in [3.8, 4) is 11.4 Å². The first-order valence-electron chi connectivity index (χ1n) is 9.59. The first kappa shape index (κ1) is 17.6. The van der Waals surface area contributed by atoms with Gasteiger partial charge in [0.05, 0.1) is 5.69 Å². The predicted octanol–water partition coefficient (Wildman–Crippen LogP) is 3.01. The molecule has 0 radical (unpaired) electrons. The van der Waals surface area contributed by atoms with Crippen molar-refractivity contribution in [3.05, 3.63) is 48.3 Å². The largest absolute Gasteiger partial charge is 0.349 e. The lowest BCUT2D eigenvalue weighted by atomic mass is 9.98. The SMILES string of the molecule is Cc1nccn1CCC1CCCCN1C(=O)c1cc(-c2cccn2C)n[nH]1. The highest BCUT2D eigenvalue weighted by molar-refractivity contribution is 5.93. The Hall–Kier alpha value is -2.83. The van der Waals surface area contributed by atoms with Gasteiger partial charge in [-0.1, -0.05) is 0 Å². The number of aryl methyl sites for hydroxylation is 3. The molecule has 1 unspecified atom stereocenters. The molecule has 142 valence electrons. The Labute approximate surface area is 159 Å². The van der Waals surface area contributed by atoms with E-state index in [4.69, 9.17) is 0 Å². The van der Waals surface area contributed by atoms with Crippen molar-refractivity contribution in [1.29, 1.82) is 0 Å². The van der Waals surface area contributed by atoms with Gasteiger partial charge >= 0.3 is 0 Å². The van der Waals surface area contributed by atoms with Gasteiger partial charge in [-0.25, -0.2) is 4.98 Å².